The first-order valence-electron chi connectivity index (χ1n) is 9.18. The Kier molecular flexibility index (Phi) is 5.13. The number of carbonyl (C=O) groups is 1. The number of anilines is 3. The zero-order valence-corrected chi connectivity index (χ0v) is 14.7. The van der Waals surface area contributed by atoms with Gasteiger partial charge in [0.2, 0.25) is 0 Å². The molecule has 2 aliphatic heterocycles. The van der Waals surface area contributed by atoms with Gasteiger partial charge in [-0.3, -0.25) is 9.78 Å². The SMILES string of the molecule is O=C1Nc2cnccc2N(CCCOC2CCCCO2)c2ccccc21. The predicted molar refractivity (Wildman–Crippen MR) is 99.8 cm³/mol. The van der Waals surface area contributed by atoms with Gasteiger partial charge in [-0.2, -0.15) is 0 Å². The minimum Gasteiger partial charge on any atom is -0.353 e. The molecule has 0 bridgehead atoms. The van der Waals surface area contributed by atoms with Crippen molar-refractivity contribution >= 4 is 23.0 Å². The number of aromatic nitrogens is 1. The van der Waals surface area contributed by atoms with Gasteiger partial charge in [0, 0.05) is 19.3 Å². The van der Waals surface area contributed by atoms with Gasteiger partial charge in [0.05, 0.1) is 35.4 Å². The third-order valence-electron chi connectivity index (χ3n) is 4.74. The summed E-state index contributed by atoms with van der Waals surface area (Å²) in [4.78, 5) is 18.9. The molecule has 0 aliphatic carbocycles. The van der Waals surface area contributed by atoms with Gasteiger partial charge in [-0.25, -0.2) is 0 Å². The highest BCUT2D eigenvalue weighted by atomic mass is 16.7. The zero-order chi connectivity index (χ0) is 17.8. The monoisotopic (exact) mass is 353 g/mol. The summed E-state index contributed by atoms with van der Waals surface area (Å²) in [7, 11) is 0. The molecule has 1 aromatic heterocycles. The number of amides is 1. The molecule has 6 heteroatoms. The molecule has 1 fully saturated rings. The number of rotatable bonds is 5. The second-order valence-corrected chi connectivity index (χ2v) is 6.54. The summed E-state index contributed by atoms with van der Waals surface area (Å²) in [5, 5.41) is 2.96. The van der Waals surface area contributed by atoms with E-state index in [4.69, 9.17) is 9.47 Å². The number of para-hydroxylation sites is 1. The number of nitrogens with one attached hydrogen (secondary N) is 1. The fourth-order valence-corrected chi connectivity index (χ4v) is 3.46. The smallest absolute Gasteiger partial charge is 0.257 e. The molecule has 26 heavy (non-hydrogen) atoms. The normalized spacial score (nSPS) is 19.3. The Morgan fingerprint density at radius 3 is 3.04 bits per heavy atom. The Hall–Kier alpha value is -2.44. The maximum Gasteiger partial charge on any atom is 0.257 e. The van der Waals surface area contributed by atoms with Gasteiger partial charge >= 0.3 is 0 Å². The lowest BCUT2D eigenvalue weighted by atomic mass is 10.1. The average Bonchev–Trinajstić information content (AvgIpc) is 2.81. The Balaban J connectivity index is 1.50. The van der Waals surface area contributed by atoms with Crippen molar-refractivity contribution in [2.24, 2.45) is 0 Å². The van der Waals surface area contributed by atoms with Crippen LogP contribution in [0.2, 0.25) is 0 Å². The average molecular weight is 353 g/mol. The van der Waals surface area contributed by atoms with Gasteiger partial charge in [0.25, 0.3) is 5.91 Å². The summed E-state index contributed by atoms with van der Waals surface area (Å²) in [6.45, 7) is 2.17. The van der Waals surface area contributed by atoms with Crippen molar-refractivity contribution in [1.82, 2.24) is 4.98 Å². The molecule has 136 valence electrons. The lowest BCUT2D eigenvalue weighted by Gasteiger charge is -2.27. The molecule has 3 heterocycles. The highest BCUT2D eigenvalue weighted by Crippen LogP contribution is 2.37. The van der Waals surface area contributed by atoms with Crippen molar-refractivity contribution in [1.29, 1.82) is 0 Å². The second kappa shape index (κ2) is 7.85. The molecule has 0 spiro atoms. The van der Waals surface area contributed by atoms with E-state index in [1.54, 1.807) is 12.4 Å². The van der Waals surface area contributed by atoms with Crippen LogP contribution in [-0.4, -0.2) is 36.9 Å². The molecule has 1 atom stereocenters. The van der Waals surface area contributed by atoms with Crippen LogP contribution >= 0.6 is 0 Å². The third kappa shape index (κ3) is 3.57. The Labute approximate surface area is 153 Å². The van der Waals surface area contributed by atoms with Crippen LogP contribution in [-0.2, 0) is 9.47 Å². The molecule has 6 nitrogen and oxygen atoms in total. The van der Waals surface area contributed by atoms with E-state index < -0.39 is 0 Å². The topological polar surface area (TPSA) is 63.7 Å². The van der Waals surface area contributed by atoms with E-state index in [-0.39, 0.29) is 12.2 Å². The van der Waals surface area contributed by atoms with E-state index in [9.17, 15) is 4.79 Å². The predicted octanol–water partition coefficient (Wildman–Crippen LogP) is 3.72. The van der Waals surface area contributed by atoms with Gasteiger partial charge < -0.3 is 19.7 Å². The van der Waals surface area contributed by atoms with Crippen molar-refractivity contribution < 1.29 is 14.3 Å². The van der Waals surface area contributed by atoms with E-state index in [0.717, 1.165) is 49.5 Å². The number of fused-ring (bicyclic) bond motifs is 2. The Bertz CT molecular complexity index is 774. The second-order valence-electron chi connectivity index (χ2n) is 6.54. The fraction of sp³-hybridized carbons (Fsp3) is 0.400. The minimum absolute atomic E-state index is 0.0695. The molecule has 4 rings (SSSR count). The first-order chi connectivity index (χ1) is 12.8. The maximum absolute atomic E-state index is 12.5. The molecule has 1 N–H and O–H groups in total. The number of carbonyl (C=O) groups excluding carboxylic acids is 1. The number of ether oxygens (including phenoxy) is 2. The largest absolute Gasteiger partial charge is 0.353 e. The van der Waals surface area contributed by atoms with Crippen molar-refractivity contribution in [3.8, 4) is 0 Å². The first-order valence-corrected chi connectivity index (χ1v) is 9.18. The standard InChI is InChI=1S/C20H23N3O3/c24-20-15-6-1-2-7-17(15)23(18-9-10-21-14-16(18)22-20)11-5-13-26-19-8-3-4-12-25-19/h1-2,6-7,9-10,14,19H,3-5,8,11-13H2,(H,22,24). The van der Waals surface area contributed by atoms with Crippen LogP contribution in [0.25, 0.3) is 0 Å². The molecule has 2 aliphatic rings. The van der Waals surface area contributed by atoms with Crippen LogP contribution in [0, 0.1) is 0 Å². The highest BCUT2D eigenvalue weighted by Gasteiger charge is 2.24. The van der Waals surface area contributed by atoms with Gasteiger partial charge in [-0.1, -0.05) is 12.1 Å². The number of hydrogen-bond donors (Lipinski definition) is 1. The summed E-state index contributed by atoms with van der Waals surface area (Å²) in [5.41, 5.74) is 3.25. The van der Waals surface area contributed by atoms with Crippen LogP contribution in [0.4, 0.5) is 17.1 Å². The number of hydrogen-bond acceptors (Lipinski definition) is 5. The van der Waals surface area contributed by atoms with Crippen molar-refractivity contribution in [2.75, 3.05) is 30.0 Å². The summed E-state index contributed by atoms with van der Waals surface area (Å²) in [6, 6.07) is 9.60. The lowest BCUT2D eigenvalue weighted by Crippen LogP contribution is -2.25. The van der Waals surface area contributed by atoms with Crippen molar-refractivity contribution in [2.45, 2.75) is 32.0 Å². The van der Waals surface area contributed by atoms with Crippen LogP contribution in [0.1, 0.15) is 36.0 Å². The van der Waals surface area contributed by atoms with Gasteiger partial charge in [-0.15, -0.1) is 0 Å². The van der Waals surface area contributed by atoms with Gasteiger partial charge in [0.15, 0.2) is 6.29 Å². The van der Waals surface area contributed by atoms with E-state index in [1.165, 1.54) is 6.42 Å². The van der Waals surface area contributed by atoms with Crippen molar-refractivity contribution in [3.05, 3.63) is 48.3 Å². The van der Waals surface area contributed by atoms with Crippen LogP contribution in [0.15, 0.2) is 42.7 Å². The minimum atomic E-state index is -0.107. The van der Waals surface area contributed by atoms with Crippen LogP contribution in [0.3, 0.4) is 0 Å². The molecule has 1 saturated heterocycles. The van der Waals surface area contributed by atoms with Gasteiger partial charge in [0.1, 0.15) is 0 Å². The number of nitrogens with zero attached hydrogens (tertiary/aromatic N) is 2. The molecule has 2 aromatic rings. The maximum atomic E-state index is 12.5. The first kappa shape index (κ1) is 17.0. The molecule has 1 unspecified atom stereocenters. The summed E-state index contributed by atoms with van der Waals surface area (Å²) in [5.74, 6) is -0.107. The molecule has 0 saturated carbocycles. The molecular formula is C20H23N3O3. The van der Waals surface area contributed by atoms with Crippen LogP contribution in [0.5, 0.6) is 0 Å². The lowest BCUT2D eigenvalue weighted by molar-refractivity contribution is -0.162. The quantitative estimate of drug-likeness (QED) is 0.830. The van der Waals surface area contributed by atoms with E-state index >= 15 is 0 Å². The summed E-state index contributed by atoms with van der Waals surface area (Å²) in [6.07, 6.45) is 7.47. The third-order valence-corrected chi connectivity index (χ3v) is 4.74. The highest BCUT2D eigenvalue weighted by molar-refractivity contribution is 6.12. The van der Waals surface area contributed by atoms with E-state index in [1.807, 2.05) is 30.3 Å². The fourth-order valence-electron chi connectivity index (χ4n) is 3.46. The molecule has 1 amide bonds. The molecular weight excluding hydrogens is 330 g/mol. The number of pyridine rings is 1. The number of benzene rings is 1. The van der Waals surface area contributed by atoms with Crippen LogP contribution < -0.4 is 10.2 Å². The zero-order valence-electron chi connectivity index (χ0n) is 14.7. The summed E-state index contributed by atoms with van der Waals surface area (Å²) >= 11 is 0. The Morgan fingerprint density at radius 2 is 2.15 bits per heavy atom. The van der Waals surface area contributed by atoms with Gasteiger partial charge in [-0.05, 0) is 43.9 Å². The van der Waals surface area contributed by atoms with E-state index in [2.05, 4.69) is 15.2 Å². The summed E-state index contributed by atoms with van der Waals surface area (Å²) < 4.78 is 11.5. The van der Waals surface area contributed by atoms with E-state index in [0.29, 0.717) is 12.2 Å². The Morgan fingerprint density at radius 1 is 1.23 bits per heavy atom. The van der Waals surface area contributed by atoms with Crippen molar-refractivity contribution in [3.63, 3.8) is 0 Å². The molecule has 1 aromatic carbocycles. The molecule has 0 radical (unpaired) electrons.